The van der Waals surface area contributed by atoms with Crippen molar-refractivity contribution in [2.24, 2.45) is 0 Å². The molecule has 4 nitrogen and oxygen atoms in total. The van der Waals surface area contributed by atoms with Crippen molar-refractivity contribution in [2.75, 3.05) is 11.5 Å². The van der Waals surface area contributed by atoms with E-state index in [1.54, 1.807) is 13.8 Å². The van der Waals surface area contributed by atoms with Crippen LogP contribution in [0, 0.1) is 0 Å². The Morgan fingerprint density at radius 1 is 0.679 bits per heavy atom. The first-order chi connectivity index (χ1) is 13.5. The van der Waals surface area contributed by atoms with Crippen molar-refractivity contribution in [3.05, 3.63) is 0 Å². The first-order valence-electron chi connectivity index (χ1n) is 11.5. The van der Waals surface area contributed by atoms with Crippen LogP contribution in [0.2, 0.25) is 0 Å². The minimum Gasteiger partial charge on any atom is -0.612 e. The molecule has 0 radical (unpaired) electrons. The molecule has 168 valence electrons. The molecule has 28 heavy (non-hydrogen) atoms. The van der Waals surface area contributed by atoms with Gasteiger partial charge in [-0.2, -0.15) is 0 Å². The second-order valence-electron chi connectivity index (χ2n) is 7.67. The number of unbranched alkanes of at least 4 members (excludes halogenated alkanes) is 13. The average Bonchev–Trinajstić information content (AvgIpc) is 2.69. The molecule has 0 heterocycles. The topological polar surface area (TPSA) is 83.4 Å². The smallest absolute Gasteiger partial charge is 0.413 e. The fourth-order valence-electron chi connectivity index (χ4n) is 3.65. The lowest BCUT2D eigenvalue weighted by molar-refractivity contribution is -0.137. The monoisotopic (exact) mass is 436 g/mol. The average molecular weight is 437 g/mol. The fourth-order valence-corrected chi connectivity index (χ4v) is 7.25. The summed E-state index contributed by atoms with van der Waals surface area (Å²) in [5.74, 6) is -0.699. The third-order valence-electron chi connectivity index (χ3n) is 5.45. The van der Waals surface area contributed by atoms with Gasteiger partial charge in [0.05, 0.1) is 6.42 Å². The lowest BCUT2D eigenvalue weighted by Crippen LogP contribution is -2.54. The van der Waals surface area contributed by atoms with E-state index in [1.165, 1.54) is 70.6 Å². The molecule has 1 N–H and O–H groups in total. The highest BCUT2D eigenvalue weighted by molar-refractivity contribution is 8.11. The number of aliphatic carboxylic acids is 1. The molecular formula is C22H44O4S2. The molecular weight excluding hydrogens is 392 g/mol. The van der Waals surface area contributed by atoms with Crippen LogP contribution >= 0.6 is 0 Å². The molecule has 0 aliphatic carbocycles. The van der Waals surface area contributed by atoms with Crippen molar-refractivity contribution < 1.29 is 19.0 Å². The van der Waals surface area contributed by atoms with Gasteiger partial charge in [0.15, 0.2) is 0 Å². The van der Waals surface area contributed by atoms with Gasteiger partial charge in [-0.05, 0) is 20.3 Å². The molecule has 0 aromatic heterocycles. The standard InChI is InChI=1S/C22H44O4S2/c1-4-7-8-9-10-11-12-13-14-15-16-17-18-19-20-22(21(23)24,27(25)5-2)28(26)6-3/h4-20H2,1-3H3,(H,23,24). The van der Waals surface area contributed by atoms with Gasteiger partial charge in [-0.25, -0.2) is 4.79 Å². The maximum absolute atomic E-state index is 12.4. The molecule has 0 amide bonds. The van der Waals surface area contributed by atoms with Crippen LogP contribution in [-0.2, 0) is 27.1 Å². The summed E-state index contributed by atoms with van der Waals surface area (Å²) < 4.78 is 23.2. The van der Waals surface area contributed by atoms with Crippen LogP contribution in [0.25, 0.3) is 0 Å². The van der Waals surface area contributed by atoms with E-state index in [1.807, 2.05) is 0 Å². The Bertz CT molecular complexity index is 370. The van der Waals surface area contributed by atoms with Gasteiger partial charge < -0.3 is 14.2 Å². The highest BCUT2D eigenvalue weighted by Gasteiger charge is 2.59. The summed E-state index contributed by atoms with van der Waals surface area (Å²) in [7, 11) is 0. The summed E-state index contributed by atoms with van der Waals surface area (Å²) in [6.07, 6.45) is 17.5. The van der Waals surface area contributed by atoms with Gasteiger partial charge in [0.25, 0.3) is 0 Å². The number of carbonyl (C=O) groups is 1. The highest BCUT2D eigenvalue weighted by Crippen LogP contribution is 2.33. The molecule has 0 aromatic carbocycles. The van der Waals surface area contributed by atoms with Crippen LogP contribution in [-0.4, -0.2) is 35.8 Å². The molecule has 0 rings (SSSR count). The number of carboxylic acids is 1. The van der Waals surface area contributed by atoms with Gasteiger partial charge in [-0.3, -0.25) is 0 Å². The Hall–Kier alpha value is 0.0900. The van der Waals surface area contributed by atoms with Crippen molar-refractivity contribution in [1.29, 1.82) is 0 Å². The van der Waals surface area contributed by atoms with Crippen LogP contribution in [0.5, 0.6) is 0 Å². The largest absolute Gasteiger partial charge is 0.612 e. The van der Waals surface area contributed by atoms with E-state index in [9.17, 15) is 19.0 Å². The quantitative estimate of drug-likeness (QED) is 0.182. The molecule has 2 atom stereocenters. The summed E-state index contributed by atoms with van der Waals surface area (Å²) in [6.45, 7) is 5.65. The summed E-state index contributed by atoms with van der Waals surface area (Å²) in [5, 5.41) is 9.64. The van der Waals surface area contributed by atoms with Gasteiger partial charge in [0, 0.05) is 22.4 Å². The van der Waals surface area contributed by atoms with Crippen LogP contribution < -0.4 is 0 Å². The molecule has 0 spiro atoms. The van der Waals surface area contributed by atoms with E-state index in [0.717, 1.165) is 12.8 Å². The number of rotatable bonds is 20. The molecule has 0 saturated heterocycles. The second kappa shape index (κ2) is 17.9. The van der Waals surface area contributed by atoms with Crippen molar-refractivity contribution in [3.8, 4) is 0 Å². The lowest BCUT2D eigenvalue weighted by atomic mass is 10.0. The molecule has 0 aliphatic rings. The highest BCUT2D eigenvalue weighted by atomic mass is 32.3. The second-order valence-corrected chi connectivity index (χ2v) is 11.9. The maximum atomic E-state index is 12.4. The molecule has 0 aromatic rings. The number of carboxylic acid groups (broad SMARTS) is 1. The zero-order valence-corrected chi connectivity index (χ0v) is 20.1. The Labute approximate surface area is 180 Å². The SMILES string of the molecule is CCCCCCCCCCCCCCCCC(C(=O)O)([S+]([O-])CC)[S+]([O-])CC. The van der Waals surface area contributed by atoms with Crippen LogP contribution in [0.3, 0.4) is 0 Å². The Morgan fingerprint density at radius 2 is 1.00 bits per heavy atom. The predicted molar refractivity (Wildman–Crippen MR) is 123 cm³/mol. The van der Waals surface area contributed by atoms with E-state index in [4.69, 9.17) is 0 Å². The minimum absolute atomic E-state index is 0.233. The van der Waals surface area contributed by atoms with E-state index in [-0.39, 0.29) is 17.9 Å². The van der Waals surface area contributed by atoms with E-state index >= 15 is 0 Å². The first-order valence-corrected chi connectivity index (χ1v) is 14.1. The first kappa shape index (κ1) is 28.1. The molecule has 0 saturated carbocycles. The zero-order chi connectivity index (χ0) is 21.3. The van der Waals surface area contributed by atoms with Crippen LogP contribution in [0.4, 0.5) is 0 Å². The molecule has 6 heteroatoms. The Balaban J connectivity index is 3.88. The Kier molecular flexibility index (Phi) is 18.0. The van der Waals surface area contributed by atoms with E-state index < -0.39 is 32.4 Å². The predicted octanol–water partition coefficient (Wildman–Crippen LogP) is 6.18. The van der Waals surface area contributed by atoms with Crippen LogP contribution in [0.15, 0.2) is 0 Å². The normalized spacial score (nSPS) is 15.9. The number of hydrogen-bond donors (Lipinski definition) is 1. The minimum atomic E-state index is -1.60. The molecule has 2 unspecified atom stereocenters. The van der Waals surface area contributed by atoms with Crippen molar-refractivity contribution in [3.63, 3.8) is 0 Å². The van der Waals surface area contributed by atoms with Gasteiger partial charge in [-0.1, -0.05) is 90.4 Å². The molecule has 0 aliphatic heterocycles. The van der Waals surface area contributed by atoms with Crippen molar-refractivity contribution in [2.45, 2.75) is 121 Å². The fraction of sp³-hybridized carbons (Fsp3) is 0.955. The molecule has 0 bridgehead atoms. The van der Waals surface area contributed by atoms with E-state index in [0.29, 0.717) is 6.42 Å². The van der Waals surface area contributed by atoms with Gasteiger partial charge in [-0.15, -0.1) is 0 Å². The summed E-state index contributed by atoms with van der Waals surface area (Å²) in [4.78, 5) is 11.8. The molecule has 0 fully saturated rings. The third-order valence-corrected chi connectivity index (χ3v) is 9.84. The van der Waals surface area contributed by atoms with Crippen molar-refractivity contribution in [1.82, 2.24) is 0 Å². The van der Waals surface area contributed by atoms with Crippen LogP contribution in [0.1, 0.15) is 117 Å². The van der Waals surface area contributed by atoms with Gasteiger partial charge >= 0.3 is 10.0 Å². The third kappa shape index (κ3) is 10.7. The number of hydrogen-bond acceptors (Lipinski definition) is 3. The summed E-state index contributed by atoms with van der Waals surface area (Å²) >= 11 is -3.20. The lowest BCUT2D eigenvalue weighted by Gasteiger charge is -2.32. The van der Waals surface area contributed by atoms with Gasteiger partial charge in [0.2, 0.25) is 0 Å². The van der Waals surface area contributed by atoms with Gasteiger partial charge in [0.1, 0.15) is 11.5 Å². The summed E-state index contributed by atoms with van der Waals surface area (Å²) in [6, 6.07) is 0. The van der Waals surface area contributed by atoms with E-state index in [2.05, 4.69) is 6.92 Å². The summed E-state index contributed by atoms with van der Waals surface area (Å²) in [5.41, 5.74) is 0. The maximum Gasteiger partial charge on any atom is 0.413 e. The Morgan fingerprint density at radius 3 is 1.29 bits per heavy atom. The zero-order valence-electron chi connectivity index (χ0n) is 18.5. The van der Waals surface area contributed by atoms with Crippen molar-refractivity contribution >= 4 is 28.3 Å².